The lowest BCUT2D eigenvalue weighted by atomic mass is 10.1. The minimum absolute atomic E-state index is 0.104. The number of nitrogens with one attached hydrogen (secondary N) is 1. The summed E-state index contributed by atoms with van der Waals surface area (Å²) in [5, 5.41) is 3.42. The summed E-state index contributed by atoms with van der Waals surface area (Å²) in [5.41, 5.74) is 1.56. The number of aromatic nitrogens is 2. The van der Waals surface area contributed by atoms with Crippen LogP contribution in [0.25, 0.3) is 11.3 Å². The topological polar surface area (TPSA) is 72.0 Å². The maximum atomic E-state index is 12.2. The normalized spacial score (nSPS) is 10.4. The molecule has 2 heterocycles. The third-order valence-electron chi connectivity index (χ3n) is 3.17. The van der Waals surface area contributed by atoms with Crippen molar-refractivity contribution in [3.63, 3.8) is 0 Å². The Balaban J connectivity index is 1.92. The zero-order valence-electron chi connectivity index (χ0n) is 12.6. The highest BCUT2D eigenvalue weighted by Gasteiger charge is 2.18. The van der Waals surface area contributed by atoms with Crippen LogP contribution in [-0.2, 0) is 0 Å². The molecule has 2 aromatic heterocycles. The van der Waals surface area contributed by atoms with E-state index in [-0.39, 0.29) is 11.5 Å². The molecule has 0 aliphatic rings. The highest BCUT2D eigenvalue weighted by molar-refractivity contribution is 7.18. The number of hydrogen-bond acceptors (Lipinski definition) is 5. The Labute approximate surface area is 147 Å². The van der Waals surface area contributed by atoms with E-state index in [1.54, 1.807) is 6.07 Å². The molecule has 0 saturated heterocycles. The lowest BCUT2D eigenvalue weighted by Gasteiger charge is -2.01. The first-order valence-electron chi connectivity index (χ1n) is 7.04. The highest BCUT2D eigenvalue weighted by atomic mass is 35.5. The van der Waals surface area contributed by atoms with Gasteiger partial charge in [-0.05, 0) is 12.1 Å². The summed E-state index contributed by atoms with van der Waals surface area (Å²) in [5.74, 6) is -0.534. The smallest absolute Gasteiger partial charge is 0.276 e. The zero-order chi connectivity index (χ0) is 17.1. The summed E-state index contributed by atoms with van der Waals surface area (Å²) in [6.45, 7) is 1.48. The van der Waals surface area contributed by atoms with Crippen LogP contribution >= 0.6 is 22.9 Å². The van der Waals surface area contributed by atoms with Crippen LogP contribution in [0.3, 0.4) is 0 Å². The third-order valence-corrected chi connectivity index (χ3v) is 4.48. The Bertz CT molecular complexity index is 909. The molecule has 0 spiro atoms. The number of pyridine rings is 1. The van der Waals surface area contributed by atoms with Crippen LogP contribution in [0.15, 0.2) is 48.7 Å². The molecule has 120 valence electrons. The molecule has 1 N–H and O–H groups in total. The molecule has 5 nitrogen and oxygen atoms in total. The van der Waals surface area contributed by atoms with E-state index in [1.807, 2.05) is 30.3 Å². The predicted molar refractivity (Wildman–Crippen MR) is 94.8 cm³/mol. The number of rotatable bonds is 4. The summed E-state index contributed by atoms with van der Waals surface area (Å²) in [7, 11) is 0. The van der Waals surface area contributed by atoms with Gasteiger partial charge < -0.3 is 0 Å². The van der Waals surface area contributed by atoms with E-state index in [9.17, 15) is 9.59 Å². The number of hydrogen-bond donors (Lipinski definition) is 1. The Morgan fingerprint density at radius 1 is 1.17 bits per heavy atom. The number of nitrogens with zero attached hydrogens (tertiary/aromatic N) is 2. The van der Waals surface area contributed by atoms with Gasteiger partial charge >= 0.3 is 0 Å². The Kier molecular flexibility index (Phi) is 4.69. The minimum atomic E-state index is -0.430. The Morgan fingerprint density at radius 2 is 1.92 bits per heavy atom. The molecule has 3 rings (SSSR count). The SMILES string of the molecule is CC(=O)c1sc(NC(=O)c2cc(Cl)ccn2)nc1-c1ccccc1. The van der Waals surface area contributed by atoms with Gasteiger partial charge in [0.25, 0.3) is 5.91 Å². The average Bonchev–Trinajstić information content (AvgIpc) is 3.00. The fourth-order valence-corrected chi connectivity index (χ4v) is 3.13. The molecule has 0 atom stereocenters. The van der Waals surface area contributed by atoms with E-state index in [0.717, 1.165) is 16.9 Å². The first kappa shape index (κ1) is 16.3. The van der Waals surface area contributed by atoms with Crippen molar-refractivity contribution in [2.45, 2.75) is 6.92 Å². The number of amides is 1. The molecule has 3 aromatic rings. The molecule has 24 heavy (non-hydrogen) atoms. The van der Waals surface area contributed by atoms with E-state index >= 15 is 0 Å². The number of thiazole rings is 1. The monoisotopic (exact) mass is 357 g/mol. The second kappa shape index (κ2) is 6.90. The van der Waals surface area contributed by atoms with Crippen LogP contribution in [0.4, 0.5) is 5.13 Å². The van der Waals surface area contributed by atoms with Gasteiger partial charge in [-0.3, -0.25) is 19.9 Å². The molecule has 7 heteroatoms. The van der Waals surface area contributed by atoms with Crippen molar-refractivity contribution in [1.82, 2.24) is 9.97 Å². The Hall–Kier alpha value is -2.57. The van der Waals surface area contributed by atoms with E-state index in [2.05, 4.69) is 15.3 Å². The highest BCUT2D eigenvalue weighted by Crippen LogP contribution is 2.31. The van der Waals surface area contributed by atoms with Gasteiger partial charge in [0.1, 0.15) is 5.69 Å². The van der Waals surface area contributed by atoms with Gasteiger partial charge in [-0.2, -0.15) is 0 Å². The molecule has 0 unspecified atom stereocenters. The van der Waals surface area contributed by atoms with Crippen LogP contribution in [-0.4, -0.2) is 21.7 Å². The summed E-state index contributed by atoms with van der Waals surface area (Å²) in [6, 6.07) is 12.4. The third kappa shape index (κ3) is 3.50. The van der Waals surface area contributed by atoms with Crippen LogP contribution < -0.4 is 5.32 Å². The van der Waals surface area contributed by atoms with Crippen molar-refractivity contribution in [2.24, 2.45) is 0 Å². The number of halogens is 1. The lowest BCUT2D eigenvalue weighted by Crippen LogP contribution is -2.13. The molecule has 0 saturated carbocycles. The fraction of sp³-hybridized carbons (Fsp3) is 0.0588. The first-order valence-corrected chi connectivity index (χ1v) is 8.24. The van der Waals surface area contributed by atoms with Crippen molar-refractivity contribution in [3.8, 4) is 11.3 Å². The maximum absolute atomic E-state index is 12.2. The molecular weight excluding hydrogens is 346 g/mol. The lowest BCUT2D eigenvalue weighted by molar-refractivity contribution is 0.101. The zero-order valence-corrected chi connectivity index (χ0v) is 14.2. The number of Topliss-reactive ketones (excluding diaryl/α,β-unsaturated/α-hetero) is 1. The second-order valence-electron chi connectivity index (χ2n) is 4.93. The van der Waals surface area contributed by atoms with Gasteiger partial charge in [0, 0.05) is 23.7 Å². The molecule has 1 amide bonds. The fourth-order valence-electron chi connectivity index (χ4n) is 2.09. The number of anilines is 1. The second-order valence-corrected chi connectivity index (χ2v) is 6.37. The van der Waals surface area contributed by atoms with Gasteiger partial charge in [-0.1, -0.05) is 53.3 Å². The Morgan fingerprint density at radius 3 is 2.58 bits per heavy atom. The number of ketones is 1. The van der Waals surface area contributed by atoms with Crippen LogP contribution in [0.1, 0.15) is 27.1 Å². The number of carbonyl (C=O) groups excluding carboxylic acids is 2. The molecule has 0 aliphatic carbocycles. The minimum Gasteiger partial charge on any atom is -0.296 e. The summed E-state index contributed by atoms with van der Waals surface area (Å²) in [6.07, 6.45) is 1.45. The largest absolute Gasteiger partial charge is 0.296 e. The van der Waals surface area contributed by atoms with Gasteiger partial charge in [0.15, 0.2) is 10.9 Å². The van der Waals surface area contributed by atoms with Crippen molar-refractivity contribution in [1.29, 1.82) is 0 Å². The van der Waals surface area contributed by atoms with Gasteiger partial charge in [0.05, 0.1) is 10.6 Å². The summed E-state index contributed by atoms with van der Waals surface area (Å²) in [4.78, 5) is 33.0. The molecule has 0 radical (unpaired) electrons. The molecule has 0 bridgehead atoms. The van der Waals surface area contributed by atoms with E-state index < -0.39 is 5.91 Å². The van der Waals surface area contributed by atoms with Crippen molar-refractivity contribution >= 4 is 39.8 Å². The molecular formula is C17H12ClN3O2S. The van der Waals surface area contributed by atoms with Gasteiger partial charge in [-0.15, -0.1) is 0 Å². The van der Waals surface area contributed by atoms with E-state index in [4.69, 9.17) is 11.6 Å². The molecule has 0 aliphatic heterocycles. The van der Waals surface area contributed by atoms with Crippen LogP contribution in [0.5, 0.6) is 0 Å². The van der Waals surface area contributed by atoms with Gasteiger partial charge in [-0.25, -0.2) is 4.98 Å². The molecule has 0 fully saturated rings. The number of benzene rings is 1. The maximum Gasteiger partial charge on any atom is 0.276 e. The standard InChI is InChI=1S/C17H12ClN3O2S/c1-10(22)15-14(11-5-3-2-4-6-11)20-17(24-15)21-16(23)13-9-12(18)7-8-19-13/h2-9H,1H3,(H,20,21,23). The summed E-state index contributed by atoms with van der Waals surface area (Å²) >= 11 is 7.00. The first-order chi connectivity index (χ1) is 11.5. The van der Waals surface area contributed by atoms with E-state index in [0.29, 0.717) is 20.7 Å². The predicted octanol–water partition coefficient (Wildman–Crippen LogP) is 4.31. The van der Waals surface area contributed by atoms with Gasteiger partial charge in [0.2, 0.25) is 0 Å². The van der Waals surface area contributed by atoms with Crippen molar-refractivity contribution < 1.29 is 9.59 Å². The van der Waals surface area contributed by atoms with E-state index in [1.165, 1.54) is 19.2 Å². The quantitative estimate of drug-likeness (QED) is 0.706. The number of carbonyl (C=O) groups is 2. The van der Waals surface area contributed by atoms with Crippen LogP contribution in [0, 0.1) is 0 Å². The van der Waals surface area contributed by atoms with Crippen molar-refractivity contribution in [2.75, 3.05) is 5.32 Å². The van der Waals surface area contributed by atoms with Crippen molar-refractivity contribution in [3.05, 3.63) is 64.3 Å². The summed E-state index contributed by atoms with van der Waals surface area (Å²) < 4.78 is 0. The average molecular weight is 358 g/mol. The van der Waals surface area contributed by atoms with Crippen LogP contribution in [0.2, 0.25) is 5.02 Å². The molecule has 1 aromatic carbocycles.